The molecule has 0 fully saturated rings. The molecule has 0 atom stereocenters. The van der Waals surface area contributed by atoms with Crippen molar-refractivity contribution in [3.8, 4) is 45.3 Å². The number of para-hydroxylation sites is 1. The molecule has 4 heteroatoms. The van der Waals surface area contributed by atoms with Gasteiger partial charge in [0.2, 0.25) is 0 Å². The third-order valence-corrected chi connectivity index (χ3v) is 9.76. The highest BCUT2D eigenvalue weighted by Gasteiger charge is 2.24. The van der Waals surface area contributed by atoms with Crippen molar-refractivity contribution in [3.63, 3.8) is 0 Å². The first-order valence-corrected chi connectivity index (χ1v) is 17.8. The molecule has 9 rings (SSSR count). The van der Waals surface area contributed by atoms with Crippen LogP contribution in [-0.2, 0) is 6.42 Å². The minimum absolute atomic E-state index is 0.633. The van der Waals surface area contributed by atoms with E-state index in [-0.39, 0.29) is 0 Å². The second-order valence-corrected chi connectivity index (χ2v) is 13.0. The van der Waals surface area contributed by atoms with Crippen molar-refractivity contribution < 1.29 is 4.42 Å². The Morgan fingerprint density at radius 2 is 1.10 bits per heavy atom. The predicted octanol–water partition coefficient (Wildman–Crippen LogP) is 12.4. The number of rotatable bonds is 7. The fraction of sp³-hybridized carbons (Fsp3) is 0.0625. The van der Waals surface area contributed by atoms with E-state index in [1.807, 2.05) is 37.3 Å². The van der Waals surface area contributed by atoms with Crippen LogP contribution in [0.4, 0.5) is 0 Å². The maximum Gasteiger partial charge on any atom is 0.164 e. The zero-order valence-corrected chi connectivity index (χ0v) is 28.8. The molecule has 0 unspecified atom stereocenters. The number of aromatic nitrogens is 3. The minimum atomic E-state index is 0.633. The zero-order valence-electron chi connectivity index (χ0n) is 28.8. The van der Waals surface area contributed by atoms with E-state index in [2.05, 4.69) is 140 Å². The number of fused-ring (bicyclic) bond motifs is 4. The van der Waals surface area contributed by atoms with E-state index in [1.54, 1.807) is 0 Å². The molecule has 0 radical (unpaired) electrons. The van der Waals surface area contributed by atoms with Gasteiger partial charge < -0.3 is 4.42 Å². The highest BCUT2D eigenvalue weighted by atomic mass is 16.3. The van der Waals surface area contributed by atoms with Crippen LogP contribution < -0.4 is 0 Å². The van der Waals surface area contributed by atoms with Gasteiger partial charge >= 0.3 is 0 Å². The Morgan fingerprint density at radius 3 is 1.83 bits per heavy atom. The van der Waals surface area contributed by atoms with Crippen LogP contribution in [0.1, 0.15) is 35.8 Å². The molecule has 1 aliphatic carbocycles. The van der Waals surface area contributed by atoms with Gasteiger partial charge in [-0.25, -0.2) is 15.0 Å². The largest absolute Gasteiger partial charge is 0.460 e. The summed E-state index contributed by atoms with van der Waals surface area (Å²) < 4.78 is 6.35. The van der Waals surface area contributed by atoms with Crippen LogP contribution in [0.15, 0.2) is 168 Å². The average molecular weight is 670 g/mol. The van der Waals surface area contributed by atoms with Crippen LogP contribution in [0.25, 0.3) is 78.7 Å². The van der Waals surface area contributed by atoms with E-state index < -0.39 is 0 Å². The Kier molecular flexibility index (Phi) is 8.18. The zero-order chi connectivity index (χ0) is 34.9. The third-order valence-electron chi connectivity index (χ3n) is 9.76. The van der Waals surface area contributed by atoms with Gasteiger partial charge in [0.1, 0.15) is 11.3 Å². The van der Waals surface area contributed by atoms with Crippen LogP contribution in [0.3, 0.4) is 0 Å². The molecule has 0 saturated carbocycles. The number of hydrogen-bond donors (Lipinski definition) is 0. The molecular weight excluding hydrogens is 635 g/mol. The fourth-order valence-corrected chi connectivity index (χ4v) is 7.21. The third kappa shape index (κ3) is 5.84. The Bertz CT molecular complexity index is 2660. The number of nitrogens with zero attached hydrogens (tertiary/aromatic N) is 3. The summed E-state index contributed by atoms with van der Waals surface area (Å²) in [6.07, 6.45) is 12.4. The van der Waals surface area contributed by atoms with Gasteiger partial charge in [-0.15, -0.1) is 0 Å². The number of aryl methyl sites for hydroxylation is 1. The lowest BCUT2D eigenvalue weighted by Crippen LogP contribution is -2.02. The Hall–Kier alpha value is -6.65. The molecule has 0 amide bonds. The van der Waals surface area contributed by atoms with Crippen molar-refractivity contribution in [1.29, 1.82) is 0 Å². The number of hydrogen-bond acceptors (Lipinski definition) is 4. The molecule has 2 aromatic heterocycles. The summed E-state index contributed by atoms with van der Waals surface area (Å²) in [7, 11) is 0. The lowest BCUT2D eigenvalue weighted by Gasteiger charge is -2.18. The van der Waals surface area contributed by atoms with Crippen LogP contribution in [0.2, 0.25) is 0 Å². The summed E-state index contributed by atoms with van der Waals surface area (Å²) in [6, 6.07) is 48.6. The molecule has 0 bridgehead atoms. The van der Waals surface area contributed by atoms with E-state index in [4.69, 9.17) is 19.4 Å². The monoisotopic (exact) mass is 669 g/mol. The van der Waals surface area contributed by atoms with Gasteiger partial charge in [-0.05, 0) is 64.1 Å². The molecule has 2 heterocycles. The molecule has 6 aromatic carbocycles. The first-order valence-electron chi connectivity index (χ1n) is 17.8. The van der Waals surface area contributed by atoms with Crippen molar-refractivity contribution in [3.05, 3.63) is 186 Å². The summed E-state index contributed by atoms with van der Waals surface area (Å²) in [6.45, 7) is 2.01. The smallest absolute Gasteiger partial charge is 0.164 e. The van der Waals surface area contributed by atoms with Crippen molar-refractivity contribution in [2.75, 3.05) is 0 Å². The van der Waals surface area contributed by atoms with Gasteiger partial charge in [0.25, 0.3) is 0 Å². The molecule has 248 valence electrons. The topological polar surface area (TPSA) is 51.8 Å². The Balaban J connectivity index is 1.18. The predicted molar refractivity (Wildman–Crippen MR) is 215 cm³/mol. The van der Waals surface area contributed by atoms with Gasteiger partial charge in [-0.3, -0.25) is 0 Å². The van der Waals surface area contributed by atoms with E-state index >= 15 is 0 Å². The molecular formula is C48H35N3O. The maximum atomic E-state index is 6.35. The molecule has 52 heavy (non-hydrogen) atoms. The lowest BCUT2D eigenvalue weighted by atomic mass is 9.86. The molecule has 0 aliphatic heterocycles. The number of allylic oxidation sites excluding steroid dienone is 4. The number of benzene rings is 6. The summed E-state index contributed by atoms with van der Waals surface area (Å²) in [5, 5.41) is 3.40. The van der Waals surface area contributed by atoms with Crippen LogP contribution in [0, 0.1) is 0 Å². The lowest BCUT2D eigenvalue weighted by molar-refractivity contribution is 0.545. The average Bonchev–Trinajstić information content (AvgIpc) is 3.60. The highest BCUT2D eigenvalue weighted by Crippen LogP contribution is 2.42. The Morgan fingerprint density at radius 1 is 0.519 bits per heavy atom. The van der Waals surface area contributed by atoms with Gasteiger partial charge in [0.05, 0.1) is 0 Å². The second kappa shape index (κ2) is 13.6. The van der Waals surface area contributed by atoms with E-state index in [0.717, 1.165) is 68.2 Å². The second-order valence-electron chi connectivity index (χ2n) is 13.0. The summed E-state index contributed by atoms with van der Waals surface area (Å²) in [4.78, 5) is 15.4. The maximum absolute atomic E-state index is 6.35. The molecule has 0 spiro atoms. The van der Waals surface area contributed by atoms with E-state index in [9.17, 15) is 0 Å². The Labute approximate surface area is 303 Å². The van der Waals surface area contributed by atoms with Crippen molar-refractivity contribution in [2.45, 2.75) is 19.8 Å². The van der Waals surface area contributed by atoms with Gasteiger partial charge in [-0.1, -0.05) is 158 Å². The molecule has 8 aromatic rings. The summed E-state index contributed by atoms with van der Waals surface area (Å²) in [5.74, 6) is 2.96. The summed E-state index contributed by atoms with van der Waals surface area (Å²) >= 11 is 0. The normalized spacial score (nSPS) is 12.9. The number of furan rings is 1. The molecule has 0 saturated heterocycles. The van der Waals surface area contributed by atoms with Crippen LogP contribution in [-0.4, -0.2) is 15.0 Å². The van der Waals surface area contributed by atoms with Crippen LogP contribution in [0.5, 0.6) is 0 Å². The molecule has 4 nitrogen and oxygen atoms in total. The van der Waals surface area contributed by atoms with Crippen LogP contribution >= 0.6 is 0 Å². The van der Waals surface area contributed by atoms with Gasteiger partial charge in [-0.2, -0.15) is 0 Å². The van der Waals surface area contributed by atoms with Gasteiger partial charge in [0, 0.05) is 34.1 Å². The molecule has 1 aliphatic rings. The van der Waals surface area contributed by atoms with E-state index in [0.29, 0.717) is 17.5 Å². The fourth-order valence-electron chi connectivity index (χ4n) is 7.21. The minimum Gasteiger partial charge on any atom is -0.460 e. The van der Waals surface area contributed by atoms with Crippen molar-refractivity contribution >= 4 is 33.4 Å². The van der Waals surface area contributed by atoms with E-state index in [1.165, 1.54) is 22.3 Å². The first-order chi connectivity index (χ1) is 25.7. The molecule has 0 N–H and O–H groups in total. The quantitative estimate of drug-likeness (QED) is 0.159. The van der Waals surface area contributed by atoms with Crippen molar-refractivity contribution in [2.24, 2.45) is 0 Å². The summed E-state index contributed by atoms with van der Waals surface area (Å²) in [5.41, 5.74) is 10.8. The van der Waals surface area contributed by atoms with Crippen molar-refractivity contribution in [1.82, 2.24) is 15.0 Å². The van der Waals surface area contributed by atoms with Gasteiger partial charge in [0.15, 0.2) is 17.5 Å². The standard InChI is InChI=1S/C48H35N3O/c1-2-3-5-13-32-22-24-35(25-23-32)46-49-47(36-28-26-34(27-29-36)33-14-6-4-7-15-33)51-48(50-46)41-31-30-39(37-16-8-9-17-38(37)41)40-19-12-21-44-45(40)42-18-10-11-20-43(42)52-44/h2-11,13-20,22-31H,12,21H2,1H3/b3-2-,13-5-. The highest BCUT2D eigenvalue weighted by molar-refractivity contribution is 6.07. The first kappa shape index (κ1) is 31.3. The SMILES string of the molecule is C/C=C\C=C/c1ccc(-c2nc(-c3ccc(-c4ccccc4)cc3)nc(-c3ccc(C4=CCCc5oc6ccccc6c54)c4ccccc34)n2)cc1.